The largest absolute Gasteiger partial charge is 0.395 e. The van der Waals surface area contributed by atoms with Gasteiger partial charge in [0.15, 0.2) is 0 Å². The molecule has 0 aliphatic rings. The molecule has 0 aliphatic heterocycles. The number of fused-ring (bicyclic) bond motifs is 1. The Morgan fingerprint density at radius 3 is 2.62 bits per heavy atom. The van der Waals surface area contributed by atoms with Crippen LogP contribution < -0.4 is 0 Å². The Bertz CT molecular complexity index is 810. The number of hydrogen-bond donors (Lipinski definition) is 1. The average Bonchev–Trinajstić information content (AvgIpc) is 3.03. The van der Waals surface area contributed by atoms with Gasteiger partial charge < -0.3 is 10.0 Å². The molecule has 0 atom stereocenters. The van der Waals surface area contributed by atoms with Gasteiger partial charge in [0.05, 0.1) is 16.8 Å². The highest BCUT2D eigenvalue weighted by molar-refractivity contribution is 7.19. The lowest BCUT2D eigenvalue weighted by Gasteiger charge is -2.20. The molecule has 5 heteroatoms. The molecule has 0 bridgehead atoms. The normalized spacial score (nSPS) is 11.2. The zero-order valence-electron chi connectivity index (χ0n) is 13.1. The molecule has 0 saturated carbocycles. The van der Waals surface area contributed by atoms with E-state index in [0.29, 0.717) is 13.1 Å². The Morgan fingerprint density at radius 2 is 1.88 bits per heavy atom. The first kappa shape index (κ1) is 16.4. The van der Waals surface area contributed by atoms with Crippen LogP contribution in [-0.2, 0) is 11.3 Å². The summed E-state index contributed by atoms with van der Waals surface area (Å²) < 4.78 is 1.10. The smallest absolute Gasteiger partial charge is 0.247 e. The SMILES string of the molecule is O=C(/C=C/c1nc2ccccc2s1)N(CCO)Cc1ccccc1. The number of aliphatic hydroxyl groups excluding tert-OH is 1. The van der Waals surface area contributed by atoms with E-state index in [4.69, 9.17) is 0 Å². The summed E-state index contributed by atoms with van der Waals surface area (Å²) in [6.45, 7) is 0.718. The van der Waals surface area contributed by atoms with Crippen LogP contribution in [-0.4, -0.2) is 34.0 Å². The van der Waals surface area contributed by atoms with Crippen molar-refractivity contribution in [2.45, 2.75) is 6.54 Å². The number of amides is 1. The van der Waals surface area contributed by atoms with Gasteiger partial charge in [-0.15, -0.1) is 11.3 Å². The van der Waals surface area contributed by atoms with E-state index in [2.05, 4.69) is 4.98 Å². The predicted octanol–water partition coefficient (Wildman–Crippen LogP) is 3.33. The van der Waals surface area contributed by atoms with Crippen LogP contribution in [0.3, 0.4) is 0 Å². The third-order valence-corrected chi connectivity index (χ3v) is 4.58. The topological polar surface area (TPSA) is 53.4 Å². The minimum Gasteiger partial charge on any atom is -0.395 e. The molecule has 2 aromatic carbocycles. The lowest BCUT2D eigenvalue weighted by atomic mass is 10.2. The van der Waals surface area contributed by atoms with Crippen LogP contribution in [0.15, 0.2) is 60.7 Å². The van der Waals surface area contributed by atoms with Gasteiger partial charge in [-0.2, -0.15) is 0 Å². The van der Waals surface area contributed by atoms with Crippen LogP contribution >= 0.6 is 11.3 Å². The fraction of sp³-hybridized carbons (Fsp3) is 0.158. The first-order chi connectivity index (χ1) is 11.8. The lowest BCUT2D eigenvalue weighted by Crippen LogP contribution is -2.31. The molecule has 1 heterocycles. The minimum absolute atomic E-state index is 0.0620. The summed E-state index contributed by atoms with van der Waals surface area (Å²) in [4.78, 5) is 18.5. The summed E-state index contributed by atoms with van der Waals surface area (Å²) in [7, 11) is 0. The Kier molecular flexibility index (Phi) is 5.36. The second kappa shape index (κ2) is 7.86. The van der Waals surface area contributed by atoms with Gasteiger partial charge in [0.25, 0.3) is 0 Å². The Labute approximate surface area is 144 Å². The second-order valence-corrected chi connectivity index (χ2v) is 6.38. The summed E-state index contributed by atoms with van der Waals surface area (Å²) in [5.41, 5.74) is 1.97. The van der Waals surface area contributed by atoms with Crippen molar-refractivity contribution in [2.24, 2.45) is 0 Å². The van der Waals surface area contributed by atoms with E-state index in [9.17, 15) is 9.90 Å². The van der Waals surface area contributed by atoms with E-state index in [0.717, 1.165) is 20.8 Å². The molecule has 0 fully saturated rings. The number of thiazole rings is 1. The molecule has 1 N–H and O–H groups in total. The summed E-state index contributed by atoms with van der Waals surface area (Å²) in [6.07, 6.45) is 3.26. The number of aliphatic hydroxyl groups is 1. The molecule has 24 heavy (non-hydrogen) atoms. The van der Waals surface area contributed by atoms with Crippen LogP contribution in [0.4, 0.5) is 0 Å². The number of hydrogen-bond acceptors (Lipinski definition) is 4. The van der Waals surface area contributed by atoms with Crippen molar-refractivity contribution >= 4 is 33.5 Å². The van der Waals surface area contributed by atoms with Crippen LogP contribution in [0.1, 0.15) is 10.6 Å². The molecule has 122 valence electrons. The molecule has 0 unspecified atom stereocenters. The molecule has 0 spiro atoms. The molecule has 0 radical (unpaired) electrons. The highest BCUT2D eigenvalue weighted by Gasteiger charge is 2.11. The van der Waals surface area contributed by atoms with Gasteiger partial charge in [-0.25, -0.2) is 4.98 Å². The van der Waals surface area contributed by atoms with Gasteiger partial charge in [0.1, 0.15) is 5.01 Å². The molecular formula is C19H18N2O2S. The van der Waals surface area contributed by atoms with Gasteiger partial charge >= 0.3 is 0 Å². The lowest BCUT2D eigenvalue weighted by molar-refractivity contribution is -0.127. The molecule has 4 nitrogen and oxygen atoms in total. The maximum atomic E-state index is 12.4. The van der Waals surface area contributed by atoms with E-state index in [-0.39, 0.29) is 12.5 Å². The molecule has 3 rings (SSSR count). The Morgan fingerprint density at radius 1 is 1.12 bits per heavy atom. The summed E-state index contributed by atoms with van der Waals surface area (Å²) in [6, 6.07) is 17.6. The zero-order valence-corrected chi connectivity index (χ0v) is 13.9. The van der Waals surface area contributed by atoms with Crippen molar-refractivity contribution in [1.82, 2.24) is 9.88 Å². The third kappa shape index (κ3) is 4.07. The number of nitrogens with zero attached hydrogens (tertiary/aromatic N) is 2. The van der Waals surface area contributed by atoms with Crippen molar-refractivity contribution in [3.63, 3.8) is 0 Å². The van der Waals surface area contributed by atoms with Crippen molar-refractivity contribution in [1.29, 1.82) is 0 Å². The first-order valence-corrected chi connectivity index (χ1v) is 8.55. The monoisotopic (exact) mass is 338 g/mol. The van der Waals surface area contributed by atoms with Gasteiger partial charge in [-0.3, -0.25) is 4.79 Å². The Balaban J connectivity index is 1.72. The van der Waals surface area contributed by atoms with Crippen LogP contribution in [0, 0.1) is 0 Å². The van der Waals surface area contributed by atoms with E-state index < -0.39 is 0 Å². The summed E-state index contributed by atoms with van der Waals surface area (Å²) >= 11 is 1.55. The number of carbonyl (C=O) groups is 1. The Hall–Kier alpha value is -2.50. The van der Waals surface area contributed by atoms with Crippen LogP contribution in [0.25, 0.3) is 16.3 Å². The van der Waals surface area contributed by atoms with E-state index >= 15 is 0 Å². The molecule has 1 amide bonds. The standard InChI is InChI=1S/C19H18N2O2S/c22-13-12-21(14-15-6-2-1-3-7-15)19(23)11-10-18-20-16-8-4-5-9-17(16)24-18/h1-11,22H,12-14H2/b11-10+. The predicted molar refractivity (Wildman–Crippen MR) is 97.6 cm³/mol. The molecule has 1 aromatic heterocycles. The van der Waals surface area contributed by atoms with Crippen molar-refractivity contribution in [3.8, 4) is 0 Å². The minimum atomic E-state index is -0.132. The van der Waals surface area contributed by atoms with Crippen LogP contribution in [0.2, 0.25) is 0 Å². The first-order valence-electron chi connectivity index (χ1n) is 7.73. The summed E-state index contributed by atoms with van der Waals surface area (Å²) in [5, 5.41) is 10.0. The molecule has 3 aromatic rings. The molecular weight excluding hydrogens is 320 g/mol. The fourth-order valence-electron chi connectivity index (χ4n) is 2.40. The van der Waals surface area contributed by atoms with Crippen molar-refractivity contribution < 1.29 is 9.90 Å². The number of benzene rings is 2. The van der Waals surface area contributed by atoms with Crippen LogP contribution in [0.5, 0.6) is 0 Å². The average molecular weight is 338 g/mol. The quantitative estimate of drug-likeness (QED) is 0.702. The zero-order chi connectivity index (χ0) is 16.8. The fourth-order valence-corrected chi connectivity index (χ4v) is 3.27. The number of rotatable bonds is 6. The van der Waals surface area contributed by atoms with E-state index in [1.165, 1.54) is 6.08 Å². The van der Waals surface area contributed by atoms with E-state index in [1.807, 2.05) is 54.6 Å². The maximum absolute atomic E-state index is 12.4. The third-order valence-electron chi connectivity index (χ3n) is 3.58. The molecule has 0 saturated heterocycles. The second-order valence-electron chi connectivity index (χ2n) is 5.32. The van der Waals surface area contributed by atoms with Gasteiger partial charge in [0, 0.05) is 19.2 Å². The van der Waals surface area contributed by atoms with Crippen molar-refractivity contribution in [3.05, 3.63) is 71.2 Å². The highest BCUT2D eigenvalue weighted by Crippen LogP contribution is 2.22. The van der Waals surface area contributed by atoms with Crippen molar-refractivity contribution in [2.75, 3.05) is 13.2 Å². The van der Waals surface area contributed by atoms with Gasteiger partial charge in [0.2, 0.25) is 5.91 Å². The van der Waals surface area contributed by atoms with E-state index in [1.54, 1.807) is 22.3 Å². The number of aromatic nitrogens is 1. The summed E-state index contributed by atoms with van der Waals surface area (Å²) in [5.74, 6) is -0.132. The maximum Gasteiger partial charge on any atom is 0.247 e. The van der Waals surface area contributed by atoms with Gasteiger partial charge in [-0.05, 0) is 23.8 Å². The number of para-hydroxylation sites is 1. The molecule has 0 aliphatic carbocycles. The number of carbonyl (C=O) groups excluding carboxylic acids is 1. The highest BCUT2D eigenvalue weighted by atomic mass is 32.1. The van der Waals surface area contributed by atoms with Gasteiger partial charge in [-0.1, -0.05) is 42.5 Å².